The number of hydrogen-bond donors (Lipinski definition) is 3. The summed E-state index contributed by atoms with van der Waals surface area (Å²) in [4.78, 5) is 12.1. The van der Waals surface area contributed by atoms with Gasteiger partial charge in [-0.2, -0.15) is 5.10 Å². The highest BCUT2D eigenvalue weighted by Gasteiger charge is 2.15. The molecule has 1 amide bonds. The number of phenolic OH excluding ortho intramolecular Hbond substituents is 1. The van der Waals surface area contributed by atoms with E-state index in [1.165, 1.54) is 6.07 Å². The van der Waals surface area contributed by atoms with Crippen molar-refractivity contribution in [3.63, 3.8) is 0 Å². The first kappa shape index (κ1) is 13.9. The highest BCUT2D eigenvalue weighted by atomic mass is 16.3. The van der Waals surface area contributed by atoms with E-state index in [0.717, 1.165) is 17.0 Å². The summed E-state index contributed by atoms with van der Waals surface area (Å²) in [5.74, 6) is -0.554. The Morgan fingerprint density at radius 1 is 1.45 bits per heavy atom. The number of hydrogen-bond acceptors (Lipinski definition) is 4. The molecule has 0 radical (unpaired) electrons. The molecule has 2 rings (SSSR count). The number of anilines is 1. The van der Waals surface area contributed by atoms with Gasteiger partial charge in [0.15, 0.2) is 5.75 Å². The third-order valence-electron chi connectivity index (χ3n) is 3.40. The molecule has 0 aliphatic carbocycles. The summed E-state index contributed by atoms with van der Waals surface area (Å²) in [6.07, 6.45) is 0. The third-order valence-corrected chi connectivity index (χ3v) is 3.40. The van der Waals surface area contributed by atoms with Gasteiger partial charge in [-0.15, -0.1) is 0 Å². The van der Waals surface area contributed by atoms with Gasteiger partial charge in [0.2, 0.25) is 0 Å². The van der Waals surface area contributed by atoms with Crippen LogP contribution in [0, 0.1) is 13.8 Å². The monoisotopic (exact) mass is 274 g/mol. The second-order valence-electron chi connectivity index (χ2n) is 4.70. The SMILES string of the molecule is Cc1nn(C)c(C)c1CNC(=O)c1cccc(N)c1O. The number of aromatic nitrogens is 2. The predicted octanol–water partition coefficient (Wildman–Crippen LogP) is 1.25. The van der Waals surface area contributed by atoms with Crippen molar-refractivity contribution in [3.05, 3.63) is 40.7 Å². The van der Waals surface area contributed by atoms with Crippen LogP contribution in [-0.2, 0) is 13.6 Å². The van der Waals surface area contributed by atoms with Crippen LogP contribution in [0.2, 0.25) is 0 Å². The van der Waals surface area contributed by atoms with Crippen molar-refractivity contribution in [2.45, 2.75) is 20.4 Å². The Morgan fingerprint density at radius 3 is 2.75 bits per heavy atom. The summed E-state index contributed by atoms with van der Waals surface area (Å²) in [6, 6.07) is 4.70. The van der Waals surface area contributed by atoms with E-state index >= 15 is 0 Å². The molecule has 1 heterocycles. The van der Waals surface area contributed by atoms with Crippen LogP contribution in [0.15, 0.2) is 18.2 Å². The van der Waals surface area contributed by atoms with Gasteiger partial charge in [-0.25, -0.2) is 0 Å². The molecule has 1 aromatic carbocycles. The number of rotatable bonds is 3. The number of carbonyl (C=O) groups excluding carboxylic acids is 1. The summed E-state index contributed by atoms with van der Waals surface area (Å²) in [6.45, 7) is 4.20. The van der Waals surface area contributed by atoms with Crippen LogP contribution < -0.4 is 11.1 Å². The van der Waals surface area contributed by atoms with Gasteiger partial charge in [-0.05, 0) is 26.0 Å². The van der Waals surface area contributed by atoms with Crippen molar-refractivity contribution < 1.29 is 9.90 Å². The van der Waals surface area contributed by atoms with Gasteiger partial charge in [0.25, 0.3) is 5.91 Å². The molecule has 0 fully saturated rings. The molecule has 0 atom stereocenters. The first-order chi connectivity index (χ1) is 9.41. The molecule has 4 N–H and O–H groups in total. The standard InChI is InChI=1S/C14H18N4O2/c1-8-11(9(2)18(3)17-8)7-16-14(20)10-5-4-6-12(15)13(10)19/h4-6,19H,7,15H2,1-3H3,(H,16,20). The molecular formula is C14H18N4O2. The fourth-order valence-electron chi connectivity index (χ4n) is 2.08. The smallest absolute Gasteiger partial charge is 0.255 e. The van der Waals surface area contributed by atoms with Crippen LogP contribution in [0.1, 0.15) is 27.3 Å². The molecule has 0 aliphatic rings. The average molecular weight is 274 g/mol. The van der Waals surface area contributed by atoms with E-state index in [0.29, 0.717) is 6.54 Å². The van der Waals surface area contributed by atoms with Crippen molar-refractivity contribution in [1.82, 2.24) is 15.1 Å². The molecule has 0 bridgehead atoms. The zero-order valence-electron chi connectivity index (χ0n) is 11.8. The van der Waals surface area contributed by atoms with Gasteiger partial charge in [-0.1, -0.05) is 6.07 Å². The zero-order valence-corrected chi connectivity index (χ0v) is 11.8. The van der Waals surface area contributed by atoms with Crippen molar-refractivity contribution >= 4 is 11.6 Å². The molecule has 0 aliphatic heterocycles. The van der Waals surface area contributed by atoms with Crippen LogP contribution in [0.3, 0.4) is 0 Å². The number of phenols is 1. The van der Waals surface area contributed by atoms with Crippen molar-refractivity contribution in [2.75, 3.05) is 5.73 Å². The maximum Gasteiger partial charge on any atom is 0.255 e. The second-order valence-corrected chi connectivity index (χ2v) is 4.70. The maximum absolute atomic E-state index is 12.1. The summed E-state index contributed by atoms with van der Waals surface area (Å²) < 4.78 is 1.77. The van der Waals surface area contributed by atoms with E-state index in [1.54, 1.807) is 16.8 Å². The first-order valence-electron chi connectivity index (χ1n) is 6.26. The number of benzene rings is 1. The van der Waals surface area contributed by atoms with Gasteiger partial charge in [-0.3, -0.25) is 9.48 Å². The van der Waals surface area contributed by atoms with E-state index in [4.69, 9.17) is 5.73 Å². The van der Waals surface area contributed by atoms with Gasteiger partial charge in [0, 0.05) is 24.8 Å². The largest absolute Gasteiger partial charge is 0.505 e. The number of amides is 1. The summed E-state index contributed by atoms with van der Waals surface area (Å²) in [7, 11) is 1.86. The topological polar surface area (TPSA) is 93.2 Å². The number of nitrogens with zero attached hydrogens (tertiary/aromatic N) is 2. The number of nitrogens with one attached hydrogen (secondary N) is 1. The molecule has 0 saturated heterocycles. The van der Waals surface area contributed by atoms with Crippen LogP contribution in [0.5, 0.6) is 5.75 Å². The van der Waals surface area contributed by atoms with Crippen LogP contribution in [0.4, 0.5) is 5.69 Å². The maximum atomic E-state index is 12.1. The van der Waals surface area contributed by atoms with Crippen LogP contribution in [0.25, 0.3) is 0 Å². The van der Waals surface area contributed by atoms with Crippen molar-refractivity contribution in [2.24, 2.45) is 7.05 Å². The Morgan fingerprint density at radius 2 is 2.15 bits per heavy atom. The van der Waals surface area contributed by atoms with Gasteiger partial charge in [0.1, 0.15) is 0 Å². The molecule has 0 spiro atoms. The lowest BCUT2D eigenvalue weighted by atomic mass is 10.1. The normalized spacial score (nSPS) is 10.6. The van der Waals surface area contributed by atoms with Crippen molar-refractivity contribution in [1.29, 1.82) is 0 Å². The number of nitrogens with two attached hydrogens (primary N) is 1. The highest BCUT2D eigenvalue weighted by molar-refractivity contribution is 5.98. The Hall–Kier alpha value is -2.50. The van der Waals surface area contributed by atoms with Gasteiger partial charge < -0.3 is 16.2 Å². The number of carbonyl (C=O) groups is 1. The first-order valence-corrected chi connectivity index (χ1v) is 6.26. The summed E-state index contributed by atoms with van der Waals surface area (Å²) in [5.41, 5.74) is 8.78. The minimum absolute atomic E-state index is 0.171. The number of aryl methyl sites for hydroxylation is 2. The van der Waals surface area contributed by atoms with Gasteiger partial charge >= 0.3 is 0 Å². The molecule has 0 saturated carbocycles. The van der Waals surface area contributed by atoms with E-state index in [-0.39, 0.29) is 22.9 Å². The Labute approximate surface area is 117 Å². The molecule has 2 aromatic rings. The van der Waals surface area contributed by atoms with E-state index in [2.05, 4.69) is 10.4 Å². The van der Waals surface area contributed by atoms with E-state index in [9.17, 15) is 9.90 Å². The Balaban J connectivity index is 2.15. The van der Waals surface area contributed by atoms with Crippen LogP contribution >= 0.6 is 0 Å². The fraction of sp³-hybridized carbons (Fsp3) is 0.286. The van der Waals surface area contributed by atoms with E-state index in [1.807, 2.05) is 20.9 Å². The molecule has 106 valence electrons. The lowest BCUT2D eigenvalue weighted by molar-refractivity contribution is 0.0948. The minimum Gasteiger partial charge on any atom is -0.505 e. The average Bonchev–Trinajstić information content (AvgIpc) is 2.64. The quantitative estimate of drug-likeness (QED) is 0.580. The minimum atomic E-state index is -0.363. The summed E-state index contributed by atoms with van der Waals surface area (Å²) in [5, 5.41) is 16.8. The molecule has 1 aromatic heterocycles. The van der Waals surface area contributed by atoms with Gasteiger partial charge in [0.05, 0.1) is 16.9 Å². The number of para-hydroxylation sites is 1. The zero-order chi connectivity index (χ0) is 14.9. The summed E-state index contributed by atoms with van der Waals surface area (Å²) >= 11 is 0. The molecular weight excluding hydrogens is 256 g/mol. The number of nitrogen functional groups attached to an aromatic ring is 1. The fourth-order valence-corrected chi connectivity index (χ4v) is 2.08. The third kappa shape index (κ3) is 2.45. The highest BCUT2D eigenvalue weighted by Crippen LogP contribution is 2.24. The Kier molecular flexibility index (Phi) is 3.65. The lowest BCUT2D eigenvalue weighted by Crippen LogP contribution is -2.23. The second kappa shape index (κ2) is 5.24. The van der Waals surface area contributed by atoms with Crippen LogP contribution in [-0.4, -0.2) is 20.8 Å². The Bertz CT molecular complexity index is 661. The van der Waals surface area contributed by atoms with E-state index < -0.39 is 0 Å². The number of aromatic hydroxyl groups is 1. The molecule has 0 unspecified atom stereocenters. The molecule has 6 heteroatoms. The predicted molar refractivity (Wildman–Crippen MR) is 76.4 cm³/mol. The molecule has 20 heavy (non-hydrogen) atoms. The van der Waals surface area contributed by atoms with Crippen molar-refractivity contribution in [3.8, 4) is 5.75 Å². The lowest BCUT2D eigenvalue weighted by Gasteiger charge is -2.08. The molecule has 6 nitrogen and oxygen atoms in total.